The summed E-state index contributed by atoms with van der Waals surface area (Å²) in [5.41, 5.74) is 2.94. The molecular weight excluding hydrogens is 1760 g/mol. The molecule has 1 atom stereocenters. The minimum Gasteiger partial charge on any atom is -0.479 e. The molecule has 3 saturated carbocycles. The third-order valence-corrected chi connectivity index (χ3v) is 22.8. The van der Waals surface area contributed by atoms with Crippen LogP contribution in [-0.2, 0) is 38.7 Å². The number of benzene rings is 1. The molecule has 3 aliphatic carbocycles. The fourth-order valence-corrected chi connectivity index (χ4v) is 16.1. The topological polar surface area (TPSA) is 498 Å². The van der Waals surface area contributed by atoms with E-state index in [-0.39, 0.29) is 128 Å². The molecule has 36 nitrogen and oxygen atoms in total. The van der Waals surface area contributed by atoms with Gasteiger partial charge in [0.05, 0.1) is 83.6 Å². The standard InChI is InChI=1S/3C23H23F2N7O2S.C6H6O3S.C3H6O4.CO2.ClH/c3*1-2-34-15-5-3-14(4-6-15)32-11-17(21(31-32)20-16(24)7-8-19(25)30-20)28-22(33)18-12-35-23(29-18)13-9-26-27-10-13;7-10(8,9)6-4-2-1-3-5-6;4-1-2(5)3(6)7;2-1-3;/h3*7-12,14-15H,2-6H2,1H3,(H,26,27)(H,28,33);1-5H,(H,7,8,9);2,4-5H,1H2,(H,6,7);;1H. The molecule has 1 aromatic carbocycles. The largest absolute Gasteiger partial charge is 0.479 e. The molecule has 13 aromatic rings. The van der Waals surface area contributed by atoms with Gasteiger partial charge in [0.25, 0.3) is 27.8 Å². The molecule has 1 unspecified atom stereocenters. The Hall–Kier alpha value is -12.3. The van der Waals surface area contributed by atoms with Gasteiger partial charge in [-0.2, -0.15) is 61.8 Å². The van der Waals surface area contributed by atoms with Gasteiger partial charge in [0.1, 0.15) is 66.3 Å². The zero-order valence-electron chi connectivity index (χ0n) is 66.9. The van der Waals surface area contributed by atoms with E-state index in [2.05, 4.69) is 91.7 Å². The average molecular weight is 1840 g/mol. The second-order valence-corrected chi connectivity index (χ2v) is 31.5. The molecule has 0 aliphatic heterocycles. The minimum absolute atomic E-state index is 0. The summed E-state index contributed by atoms with van der Waals surface area (Å²) in [4.78, 5) is 88.9. The highest BCUT2D eigenvalue weighted by molar-refractivity contribution is 7.85. The zero-order chi connectivity index (χ0) is 89.3. The molecule has 126 heavy (non-hydrogen) atoms. The number of ether oxygens (including phenoxy) is 3. The Morgan fingerprint density at radius 2 is 0.778 bits per heavy atom. The molecule has 12 aromatic heterocycles. The number of carboxylic acid groups (broad SMARTS) is 1. The number of pyridine rings is 3. The quantitative estimate of drug-likeness (QED) is 0.0153. The van der Waals surface area contributed by atoms with E-state index in [1.165, 1.54) is 46.1 Å². The molecule has 47 heteroatoms. The van der Waals surface area contributed by atoms with Crippen molar-refractivity contribution in [3.63, 3.8) is 0 Å². The Labute approximate surface area is 731 Å². The number of halogens is 7. The summed E-state index contributed by atoms with van der Waals surface area (Å²) in [6, 6.07) is 13.3. The lowest BCUT2D eigenvalue weighted by molar-refractivity contribution is -0.191. The number of aliphatic carboxylic acids is 1. The van der Waals surface area contributed by atoms with Crippen LogP contribution in [0.25, 0.3) is 65.9 Å². The first kappa shape index (κ1) is 95.9. The number of aliphatic hydroxyl groups is 2. The van der Waals surface area contributed by atoms with Gasteiger partial charge in [-0.05, 0) is 146 Å². The third kappa shape index (κ3) is 25.9. The number of aromatic amines is 3. The van der Waals surface area contributed by atoms with Crippen LogP contribution < -0.4 is 16.0 Å². The molecular formula is C79H82ClF6N21O15S4. The molecule has 3 amide bonds. The predicted molar refractivity (Wildman–Crippen MR) is 447 cm³/mol. The van der Waals surface area contributed by atoms with E-state index < -0.39 is 81.8 Å². The van der Waals surface area contributed by atoms with E-state index >= 15 is 0 Å². The van der Waals surface area contributed by atoms with Crippen molar-refractivity contribution < 1.29 is 97.6 Å². The van der Waals surface area contributed by atoms with Crippen molar-refractivity contribution in [3.8, 4) is 65.9 Å². The number of hydrogen-bond acceptors (Lipinski definition) is 28. The first-order chi connectivity index (χ1) is 60.2. The molecule has 16 rings (SSSR count). The van der Waals surface area contributed by atoms with Crippen LogP contribution in [0.5, 0.6) is 0 Å². The van der Waals surface area contributed by atoms with Gasteiger partial charge in [-0.25, -0.2) is 47.9 Å². The zero-order valence-corrected chi connectivity index (χ0v) is 71.0. The lowest BCUT2D eigenvalue weighted by Crippen LogP contribution is -2.24. The fourth-order valence-electron chi connectivity index (χ4n) is 13.3. The van der Waals surface area contributed by atoms with E-state index in [0.29, 0.717) is 34.8 Å². The lowest BCUT2D eigenvalue weighted by atomic mass is 9.93. The minimum atomic E-state index is -4.00. The summed E-state index contributed by atoms with van der Waals surface area (Å²) >= 11 is 3.89. The highest BCUT2D eigenvalue weighted by Gasteiger charge is 2.32. The first-order valence-electron chi connectivity index (χ1n) is 38.7. The molecule has 3 fully saturated rings. The van der Waals surface area contributed by atoms with Gasteiger partial charge in [-0.3, -0.25) is 48.3 Å². The summed E-state index contributed by atoms with van der Waals surface area (Å²) in [5.74, 6) is -7.59. The molecule has 10 N–H and O–H groups in total. The lowest BCUT2D eigenvalue weighted by Gasteiger charge is -2.28. The van der Waals surface area contributed by atoms with Gasteiger partial charge in [0.15, 0.2) is 23.6 Å². The third-order valence-electron chi connectivity index (χ3n) is 19.3. The van der Waals surface area contributed by atoms with Gasteiger partial charge in [0, 0.05) is 89.8 Å². The molecule has 0 spiro atoms. The normalized spacial score (nSPS) is 16.7. The van der Waals surface area contributed by atoms with Crippen molar-refractivity contribution in [3.05, 3.63) is 191 Å². The number of anilines is 3. The molecule has 3 aliphatic rings. The van der Waals surface area contributed by atoms with E-state index in [4.69, 9.17) is 43.7 Å². The maximum atomic E-state index is 14.6. The van der Waals surface area contributed by atoms with Crippen LogP contribution in [0.4, 0.5) is 43.4 Å². The number of rotatable bonds is 24. The predicted octanol–water partition coefficient (Wildman–Crippen LogP) is 13.7. The fraction of sp³-hybridized carbons (Fsp3) is 0.329. The van der Waals surface area contributed by atoms with Crippen molar-refractivity contribution in [2.45, 2.75) is 145 Å². The number of aliphatic hydroxyl groups excluding tert-OH is 2. The van der Waals surface area contributed by atoms with Crippen LogP contribution in [-0.4, -0.2) is 199 Å². The number of H-pyrrole nitrogens is 3. The second-order valence-electron chi connectivity index (χ2n) is 27.5. The van der Waals surface area contributed by atoms with E-state index in [1.807, 2.05) is 20.8 Å². The van der Waals surface area contributed by atoms with Crippen molar-refractivity contribution >= 4 is 103 Å². The highest BCUT2D eigenvalue weighted by atomic mass is 35.5. The van der Waals surface area contributed by atoms with Crippen molar-refractivity contribution in [2.24, 2.45) is 0 Å². The Balaban J connectivity index is 0.000000177. The number of carbonyl (C=O) groups is 4. The first-order valence-corrected chi connectivity index (χ1v) is 42.7. The summed E-state index contributed by atoms with van der Waals surface area (Å²) in [6.45, 7) is 7.20. The SMILES string of the molecule is CCOC1CCC(n2cc(NC(=O)c3csc(-c4cn[nH]c4)n3)c(-c3nc(F)ccc3F)n2)CC1.CCOC1CCC(n2cc(NC(=O)c3csc(-c4cn[nH]c4)n3)c(-c3nc(F)ccc3F)n2)CC1.CCOC1CCC(n2cc(NC(=O)c3csc(-c4cn[nH]c4)n3)c(-c3nc(F)ccc3F)n2)CC1.Cl.O=C(O)C(O)CO.O=C=O.O=S(=O)(O)c1ccccc1. The molecule has 0 saturated heterocycles. The Bertz CT molecular complexity index is 5380. The number of nitrogens with one attached hydrogen (secondary N) is 6. The van der Waals surface area contributed by atoms with Crippen LogP contribution >= 0.6 is 46.4 Å². The Kier molecular flexibility index (Phi) is 35.0. The number of hydrogen-bond donors (Lipinski definition) is 10. The Morgan fingerprint density at radius 3 is 1.01 bits per heavy atom. The van der Waals surface area contributed by atoms with Crippen LogP contribution in [0.3, 0.4) is 0 Å². The number of amides is 3. The summed E-state index contributed by atoms with van der Waals surface area (Å²) in [5, 5.41) is 72.2. The summed E-state index contributed by atoms with van der Waals surface area (Å²) in [7, 11) is -4.00. The van der Waals surface area contributed by atoms with E-state index in [0.717, 1.165) is 130 Å². The van der Waals surface area contributed by atoms with Crippen LogP contribution in [0.15, 0.2) is 144 Å². The number of carbonyl (C=O) groups excluding carboxylic acids is 5. The van der Waals surface area contributed by atoms with Gasteiger partial charge < -0.3 is 45.5 Å². The number of carboxylic acids is 1. The Morgan fingerprint density at radius 1 is 0.484 bits per heavy atom. The van der Waals surface area contributed by atoms with Crippen molar-refractivity contribution in [1.82, 2.24) is 89.8 Å². The van der Waals surface area contributed by atoms with Gasteiger partial charge in [0.2, 0.25) is 17.8 Å². The van der Waals surface area contributed by atoms with Crippen molar-refractivity contribution in [2.75, 3.05) is 42.4 Å². The maximum absolute atomic E-state index is 14.6. The highest BCUT2D eigenvalue weighted by Crippen LogP contribution is 2.40. The van der Waals surface area contributed by atoms with Crippen molar-refractivity contribution in [1.29, 1.82) is 0 Å². The van der Waals surface area contributed by atoms with Crippen LogP contribution in [0.2, 0.25) is 0 Å². The van der Waals surface area contributed by atoms with Gasteiger partial charge >= 0.3 is 12.1 Å². The summed E-state index contributed by atoms with van der Waals surface area (Å²) in [6.07, 6.45) is 24.2. The number of thiazole rings is 3. The molecule has 0 radical (unpaired) electrons. The van der Waals surface area contributed by atoms with Crippen LogP contribution in [0, 0.1) is 35.3 Å². The average Bonchev–Trinajstić information content (AvgIpc) is 1.65. The molecule has 666 valence electrons. The maximum Gasteiger partial charge on any atom is 0.373 e. The summed E-state index contributed by atoms with van der Waals surface area (Å²) < 4.78 is 137. The number of aromatic nitrogens is 18. The smallest absolute Gasteiger partial charge is 0.373 e. The molecule has 0 bridgehead atoms. The molecule has 12 heterocycles. The van der Waals surface area contributed by atoms with Gasteiger partial charge in [-0.15, -0.1) is 46.4 Å². The number of nitrogens with zero attached hydrogens (tertiary/aromatic N) is 15. The monoisotopic (exact) mass is 1840 g/mol. The van der Waals surface area contributed by atoms with Gasteiger partial charge in [-0.1, -0.05) is 18.2 Å². The van der Waals surface area contributed by atoms with E-state index in [1.54, 1.807) is 104 Å². The van der Waals surface area contributed by atoms with E-state index in [9.17, 15) is 53.9 Å². The van der Waals surface area contributed by atoms with Crippen LogP contribution in [0.1, 0.15) is 147 Å². The second kappa shape index (κ2) is 46.0.